The molecule has 1 N–H and O–H groups in total. The summed E-state index contributed by atoms with van der Waals surface area (Å²) in [7, 11) is 3.88. The number of hydrogen-bond acceptors (Lipinski definition) is 3. The zero-order valence-corrected chi connectivity index (χ0v) is 13.1. The zero-order chi connectivity index (χ0) is 14.4. The summed E-state index contributed by atoms with van der Waals surface area (Å²) in [4.78, 5) is 0. The van der Waals surface area contributed by atoms with Crippen LogP contribution >= 0.6 is 0 Å². The van der Waals surface area contributed by atoms with Crippen LogP contribution in [0.1, 0.15) is 57.2 Å². The van der Waals surface area contributed by atoms with Crippen LogP contribution in [-0.4, -0.2) is 30.0 Å². The SMILES string of the molecule is CCCn1nccc1C(NC)C(OC)C1CCCCC1. The molecule has 1 aliphatic carbocycles. The lowest BCUT2D eigenvalue weighted by molar-refractivity contribution is 0.00725. The van der Waals surface area contributed by atoms with Gasteiger partial charge in [0, 0.05) is 19.9 Å². The molecule has 1 aromatic rings. The van der Waals surface area contributed by atoms with Gasteiger partial charge in [-0.3, -0.25) is 4.68 Å². The van der Waals surface area contributed by atoms with E-state index in [0.717, 1.165) is 13.0 Å². The Kier molecular flexibility index (Phi) is 6.05. The Balaban J connectivity index is 2.17. The maximum atomic E-state index is 5.90. The second-order valence-electron chi connectivity index (χ2n) is 5.84. The minimum atomic E-state index is 0.233. The highest BCUT2D eigenvalue weighted by atomic mass is 16.5. The van der Waals surface area contributed by atoms with Crippen LogP contribution in [0.3, 0.4) is 0 Å². The van der Waals surface area contributed by atoms with Crippen LogP contribution in [-0.2, 0) is 11.3 Å². The zero-order valence-electron chi connectivity index (χ0n) is 13.1. The monoisotopic (exact) mass is 279 g/mol. The van der Waals surface area contributed by atoms with Crippen LogP contribution in [0.15, 0.2) is 12.3 Å². The van der Waals surface area contributed by atoms with E-state index in [2.05, 4.69) is 28.1 Å². The van der Waals surface area contributed by atoms with Crippen molar-refractivity contribution in [2.24, 2.45) is 5.92 Å². The first-order valence-corrected chi connectivity index (χ1v) is 8.03. The van der Waals surface area contributed by atoms with Crippen LogP contribution in [0.5, 0.6) is 0 Å². The minimum Gasteiger partial charge on any atom is -0.379 e. The predicted molar refractivity (Wildman–Crippen MR) is 81.7 cm³/mol. The van der Waals surface area contributed by atoms with Crippen molar-refractivity contribution in [3.05, 3.63) is 18.0 Å². The number of nitrogens with one attached hydrogen (secondary N) is 1. The van der Waals surface area contributed by atoms with Crippen molar-refractivity contribution in [1.82, 2.24) is 15.1 Å². The van der Waals surface area contributed by atoms with E-state index in [1.54, 1.807) is 0 Å². The normalized spacial score (nSPS) is 19.9. The molecule has 0 aromatic carbocycles. The first-order chi connectivity index (χ1) is 9.81. The molecule has 1 saturated carbocycles. The van der Waals surface area contributed by atoms with Gasteiger partial charge in [-0.25, -0.2) is 0 Å². The second-order valence-corrected chi connectivity index (χ2v) is 5.84. The minimum absolute atomic E-state index is 0.233. The van der Waals surface area contributed by atoms with Crippen molar-refractivity contribution >= 4 is 0 Å². The Hall–Kier alpha value is -0.870. The maximum Gasteiger partial charge on any atom is 0.0809 e. The molecule has 0 spiro atoms. The highest BCUT2D eigenvalue weighted by Gasteiger charge is 2.32. The molecule has 0 aliphatic heterocycles. The summed E-state index contributed by atoms with van der Waals surface area (Å²) < 4.78 is 8.02. The Morgan fingerprint density at radius 3 is 2.75 bits per heavy atom. The average Bonchev–Trinajstić information content (AvgIpc) is 2.94. The Labute approximate surface area is 122 Å². The van der Waals surface area contributed by atoms with Crippen LogP contribution < -0.4 is 5.32 Å². The summed E-state index contributed by atoms with van der Waals surface area (Å²) in [5, 5.41) is 7.92. The fourth-order valence-electron chi connectivity index (χ4n) is 3.55. The molecule has 1 aromatic heterocycles. The molecule has 0 saturated heterocycles. The second kappa shape index (κ2) is 7.79. The lowest BCUT2D eigenvalue weighted by Gasteiger charge is -2.35. The molecule has 1 heterocycles. The number of nitrogens with zero attached hydrogens (tertiary/aromatic N) is 2. The summed E-state index contributed by atoms with van der Waals surface area (Å²) in [6.45, 7) is 3.16. The average molecular weight is 279 g/mol. The van der Waals surface area contributed by atoms with E-state index in [0.29, 0.717) is 5.92 Å². The number of rotatable bonds is 7. The number of ether oxygens (including phenoxy) is 1. The maximum absolute atomic E-state index is 5.90. The van der Waals surface area contributed by atoms with E-state index in [-0.39, 0.29) is 12.1 Å². The van der Waals surface area contributed by atoms with Crippen molar-refractivity contribution in [3.63, 3.8) is 0 Å². The van der Waals surface area contributed by atoms with Gasteiger partial charge in [0.15, 0.2) is 0 Å². The van der Waals surface area contributed by atoms with Crippen molar-refractivity contribution in [2.75, 3.05) is 14.2 Å². The number of hydrogen-bond donors (Lipinski definition) is 1. The molecule has 114 valence electrons. The molecular formula is C16H29N3O. The number of likely N-dealkylation sites (N-methyl/N-ethyl adjacent to an activating group) is 1. The predicted octanol–water partition coefficient (Wildman–Crippen LogP) is 3.15. The molecule has 4 nitrogen and oxygen atoms in total. The molecular weight excluding hydrogens is 250 g/mol. The molecule has 2 atom stereocenters. The Morgan fingerprint density at radius 2 is 2.15 bits per heavy atom. The molecule has 4 heteroatoms. The van der Waals surface area contributed by atoms with E-state index < -0.39 is 0 Å². The van der Waals surface area contributed by atoms with Gasteiger partial charge in [-0.15, -0.1) is 0 Å². The summed E-state index contributed by atoms with van der Waals surface area (Å²) in [6.07, 6.45) is 9.90. The lowest BCUT2D eigenvalue weighted by Crippen LogP contribution is -2.39. The standard InChI is InChI=1S/C16H29N3O/c1-4-12-19-14(10-11-18-19)15(17-2)16(20-3)13-8-6-5-7-9-13/h10-11,13,15-17H,4-9,12H2,1-3H3. The summed E-state index contributed by atoms with van der Waals surface area (Å²) >= 11 is 0. The molecule has 0 radical (unpaired) electrons. The summed E-state index contributed by atoms with van der Waals surface area (Å²) in [5.74, 6) is 0.663. The molecule has 2 unspecified atom stereocenters. The van der Waals surface area contributed by atoms with E-state index in [1.165, 1.54) is 37.8 Å². The first-order valence-electron chi connectivity index (χ1n) is 8.03. The van der Waals surface area contributed by atoms with Crippen LogP contribution in [0.4, 0.5) is 0 Å². The quantitative estimate of drug-likeness (QED) is 0.833. The third-order valence-corrected chi connectivity index (χ3v) is 4.53. The highest BCUT2D eigenvalue weighted by Crippen LogP contribution is 2.33. The molecule has 2 rings (SSSR count). The van der Waals surface area contributed by atoms with Crippen molar-refractivity contribution in [3.8, 4) is 0 Å². The van der Waals surface area contributed by atoms with Crippen LogP contribution in [0.25, 0.3) is 0 Å². The largest absolute Gasteiger partial charge is 0.379 e. The van der Waals surface area contributed by atoms with Gasteiger partial charge in [0.2, 0.25) is 0 Å². The molecule has 1 aliphatic rings. The van der Waals surface area contributed by atoms with E-state index in [9.17, 15) is 0 Å². The van der Waals surface area contributed by atoms with Crippen molar-refractivity contribution in [1.29, 1.82) is 0 Å². The van der Waals surface area contributed by atoms with Gasteiger partial charge in [-0.1, -0.05) is 26.2 Å². The molecule has 1 fully saturated rings. The fraction of sp³-hybridized carbons (Fsp3) is 0.812. The molecule has 20 heavy (non-hydrogen) atoms. The lowest BCUT2D eigenvalue weighted by atomic mass is 9.82. The smallest absolute Gasteiger partial charge is 0.0809 e. The highest BCUT2D eigenvalue weighted by molar-refractivity contribution is 5.10. The van der Waals surface area contributed by atoms with Gasteiger partial charge < -0.3 is 10.1 Å². The van der Waals surface area contributed by atoms with E-state index >= 15 is 0 Å². The third-order valence-electron chi connectivity index (χ3n) is 4.53. The molecule has 0 bridgehead atoms. The van der Waals surface area contributed by atoms with Gasteiger partial charge in [0.1, 0.15) is 0 Å². The van der Waals surface area contributed by atoms with E-state index in [4.69, 9.17) is 4.74 Å². The Bertz CT molecular complexity index is 385. The molecule has 0 amide bonds. The van der Waals surface area contributed by atoms with Gasteiger partial charge in [0.05, 0.1) is 17.8 Å². The van der Waals surface area contributed by atoms with Gasteiger partial charge in [0.25, 0.3) is 0 Å². The van der Waals surface area contributed by atoms with Gasteiger partial charge in [-0.05, 0) is 38.3 Å². The van der Waals surface area contributed by atoms with Crippen molar-refractivity contribution in [2.45, 2.75) is 64.1 Å². The topological polar surface area (TPSA) is 39.1 Å². The van der Waals surface area contributed by atoms with Gasteiger partial charge >= 0.3 is 0 Å². The number of methoxy groups -OCH3 is 1. The summed E-state index contributed by atoms with van der Waals surface area (Å²) in [5.41, 5.74) is 1.26. The van der Waals surface area contributed by atoms with E-state index in [1.807, 2.05) is 20.4 Å². The fourth-order valence-corrected chi connectivity index (χ4v) is 3.55. The number of aryl methyl sites for hydroxylation is 1. The van der Waals surface area contributed by atoms with Crippen molar-refractivity contribution < 1.29 is 4.74 Å². The van der Waals surface area contributed by atoms with Crippen LogP contribution in [0.2, 0.25) is 0 Å². The summed E-state index contributed by atoms with van der Waals surface area (Å²) in [6, 6.07) is 2.36. The number of aromatic nitrogens is 2. The van der Waals surface area contributed by atoms with Crippen LogP contribution in [0, 0.1) is 5.92 Å². The van der Waals surface area contributed by atoms with Gasteiger partial charge in [-0.2, -0.15) is 5.10 Å². The Morgan fingerprint density at radius 1 is 1.40 bits per heavy atom. The first kappa shape index (κ1) is 15.5. The third kappa shape index (κ3) is 3.41.